The second-order valence-electron chi connectivity index (χ2n) is 8.50. The van der Waals surface area contributed by atoms with E-state index in [0.717, 1.165) is 42.4 Å². The maximum absolute atomic E-state index is 14.2. The van der Waals surface area contributed by atoms with E-state index in [-0.39, 0.29) is 22.6 Å². The minimum absolute atomic E-state index is 0.00891. The standard InChI is InChI=1S/C20H25F2N3O3S/c21-12-1-4-16(22)14(8-12)20-17(23)7-11(10-28-20)15-9-24-18-5-6-25(19(15)18)29(26,27)13-2-3-13/h1,4,8,11,13,15,17,20,24H,2-3,5-7,9-10,23H2/t11-,15?,17-,20+/m0/s1. The molecule has 3 N–H and O–H groups in total. The molecule has 1 saturated carbocycles. The van der Waals surface area contributed by atoms with Crippen LogP contribution in [0.1, 0.15) is 37.4 Å². The number of hydrogen-bond donors (Lipinski definition) is 2. The first kappa shape index (κ1) is 19.3. The Bertz CT molecular complexity index is 964. The van der Waals surface area contributed by atoms with Crippen molar-refractivity contribution in [3.63, 3.8) is 0 Å². The molecule has 0 radical (unpaired) electrons. The highest BCUT2D eigenvalue weighted by molar-refractivity contribution is 7.90. The van der Waals surface area contributed by atoms with Crippen molar-refractivity contribution in [1.82, 2.24) is 9.62 Å². The molecule has 0 spiro atoms. The lowest BCUT2D eigenvalue weighted by atomic mass is 9.82. The van der Waals surface area contributed by atoms with Gasteiger partial charge in [-0.25, -0.2) is 17.2 Å². The number of rotatable bonds is 4. The van der Waals surface area contributed by atoms with E-state index in [9.17, 15) is 17.2 Å². The molecule has 9 heteroatoms. The van der Waals surface area contributed by atoms with Gasteiger partial charge in [-0.3, -0.25) is 4.31 Å². The highest BCUT2D eigenvalue weighted by atomic mass is 32.2. The number of nitrogens with zero attached hydrogens (tertiary/aromatic N) is 1. The molecule has 1 aliphatic carbocycles. The third kappa shape index (κ3) is 3.23. The molecule has 1 saturated heterocycles. The van der Waals surface area contributed by atoms with Crippen LogP contribution in [0.15, 0.2) is 29.6 Å². The van der Waals surface area contributed by atoms with Crippen molar-refractivity contribution in [3.8, 4) is 0 Å². The molecule has 29 heavy (non-hydrogen) atoms. The molecule has 0 amide bonds. The van der Waals surface area contributed by atoms with Gasteiger partial charge in [0, 0.05) is 42.7 Å². The zero-order valence-electron chi connectivity index (χ0n) is 16.0. The fraction of sp³-hybridized carbons (Fsp3) is 0.600. The molecule has 4 atom stereocenters. The SMILES string of the molecule is N[C@H]1C[C@H](C2CNC3=C2N(S(=O)(=O)C2CC2)CC3)CO[C@@H]1c1cc(F)ccc1F. The van der Waals surface area contributed by atoms with Gasteiger partial charge in [-0.05, 0) is 43.4 Å². The molecule has 5 rings (SSSR count). The average molecular weight is 426 g/mol. The van der Waals surface area contributed by atoms with E-state index in [4.69, 9.17) is 10.5 Å². The molecule has 0 bridgehead atoms. The van der Waals surface area contributed by atoms with Crippen molar-refractivity contribution in [1.29, 1.82) is 0 Å². The molecule has 3 heterocycles. The van der Waals surface area contributed by atoms with Gasteiger partial charge in [-0.2, -0.15) is 0 Å². The van der Waals surface area contributed by atoms with E-state index >= 15 is 0 Å². The average Bonchev–Trinajstić information content (AvgIpc) is 3.34. The molecule has 1 unspecified atom stereocenters. The summed E-state index contributed by atoms with van der Waals surface area (Å²) >= 11 is 0. The number of sulfonamides is 1. The first-order valence-electron chi connectivity index (χ1n) is 10.2. The molecule has 0 aromatic heterocycles. The summed E-state index contributed by atoms with van der Waals surface area (Å²) < 4.78 is 61.0. The molecular formula is C20H25F2N3O3S. The molecule has 6 nitrogen and oxygen atoms in total. The first-order chi connectivity index (χ1) is 13.9. The van der Waals surface area contributed by atoms with Crippen molar-refractivity contribution in [2.45, 2.75) is 43.1 Å². The number of benzene rings is 1. The van der Waals surface area contributed by atoms with Crippen LogP contribution in [0, 0.1) is 23.5 Å². The molecule has 4 aliphatic rings. The summed E-state index contributed by atoms with van der Waals surface area (Å²) in [7, 11) is -3.30. The van der Waals surface area contributed by atoms with Gasteiger partial charge in [-0.15, -0.1) is 0 Å². The Labute approximate surface area is 169 Å². The lowest BCUT2D eigenvalue weighted by Crippen LogP contribution is -2.44. The Morgan fingerprint density at radius 2 is 2.03 bits per heavy atom. The monoisotopic (exact) mass is 425 g/mol. The second-order valence-corrected chi connectivity index (χ2v) is 10.6. The highest BCUT2D eigenvalue weighted by Gasteiger charge is 2.49. The number of halogens is 2. The highest BCUT2D eigenvalue weighted by Crippen LogP contribution is 2.45. The van der Waals surface area contributed by atoms with Crippen molar-refractivity contribution in [2.24, 2.45) is 17.6 Å². The molecule has 1 aromatic carbocycles. The molecule has 1 aromatic rings. The third-order valence-electron chi connectivity index (χ3n) is 6.57. The van der Waals surface area contributed by atoms with Crippen molar-refractivity contribution in [2.75, 3.05) is 19.7 Å². The Balaban J connectivity index is 1.35. The van der Waals surface area contributed by atoms with Crippen LogP contribution in [0.3, 0.4) is 0 Å². The normalized spacial score (nSPS) is 32.4. The van der Waals surface area contributed by atoms with E-state index < -0.39 is 33.8 Å². The fourth-order valence-electron chi connectivity index (χ4n) is 4.96. The van der Waals surface area contributed by atoms with Gasteiger partial charge >= 0.3 is 0 Å². The van der Waals surface area contributed by atoms with E-state index in [2.05, 4.69) is 5.32 Å². The maximum Gasteiger partial charge on any atom is 0.237 e. The summed E-state index contributed by atoms with van der Waals surface area (Å²) in [6.07, 6.45) is 2.02. The summed E-state index contributed by atoms with van der Waals surface area (Å²) in [5.41, 5.74) is 8.33. The third-order valence-corrected chi connectivity index (χ3v) is 8.88. The van der Waals surface area contributed by atoms with E-state index in [1.807, 2.05) is 0 Å². The van der Waals surface area contributed by atoms with E-state index in [1.165, 1.54) is 0 Å². The van der Waals surface area contributed by atoms with Crippen molar-refractivity contribution in [3.05, 3.63) is 46.8 Å². The Morgan fingerprint density at radius 3 is 2.76 bits per heavy atom. The zero-order valence-corrected chi connectivity index (χ0v) is 16.8. The van der Waals surface area contributed by atoms with Crippen LogP contribution < -0.4 is 11.1 Å². The second kappa shape index (κ2) is 6.92. The topological polar surface area (TPSA) is 84.7 Å². The van der Waals surface area contributed by atoms with Crippen LogP contribution in [-0.2, 0) is 14.8 Å². The summed E-state index contributed by atoms with van der Waals surface area (Å²) in [6, 6.07) is 2.80. The predicted octanol–water partition coefficient (Wildman–Crippen LogP) is 2.00. The van der Waals surface area contributed by atoms with Gasteiger partial charge in [0.1, 0.15) is 17.7 Å². The predicted molar refractivity (Wildman–Crippen MR) is 103 cm³/mol. The fourth-order valence-corrected chi connectivity index (χ4v) is 6.91. The van der Waals surface area contributed by atoms with Crippen LogP contribution in [-0.4, -0.2) is 43.7 Å². The molecule has 158 valence electrons. The Hall–Kier alpha value is -1.71. The van der Waals surface area contributed by atoms with E-state index in [1.54, 1.807) is 4.31 Å². The Morgan fingerprint density at radius 1 is 1.24 bits per heavy atom. The van der Waals surface area contributed by atoms with E-state index in [0.29, 0.717) is 32.5 Å². The van der Waals surface area contributed by atoms with Crippen LogP contribution in [0.25, 0.3) is 0 Å². The summed E-state index contributed by atoms with van der Waals surface area (Å²) in [5.74, 6) is -1.05. The summed E-state index contributed by atoms with van der Waals surface area (Å²) in [4.78, 5) is 0. The molecule has 3 aliphatic heterocycles. The Kier molecular flexibility index (Phi) is 4.60. The van der Waals surface area contributed by atoms with Crippen LogP contribution in [0.4, 0.5) is 8.78 Å². The molecular weight excluding hydrogens is 400 g/mol. The summed E-state index contributed by atoms with van der Waals surface area (Å²) in [6.45, 7) is 1.47. The number of hydrogen-bond acceptors (Lipinski definition) is 5. The largest absolute Gasteiger partial charge is 0.386 e. The smallest absolute Gasteiger partial charge is 0.237 e. The zero-order chi connectivity index (χ0) is 20.3. The van der Waals surface area contributed by atoms with Gasteiger partial charge in [-0.1, -0.05) is 0 Å². The van der Waals surface area contributed by atoms with Crippen molar-refractivity contribution >= 4 is 10.0 Å². The van der Waals surface area contributed by atoms with Crippen LogP contribution >= 0.6 is 0 Å². The first-order valence-corrected chi connectivity index (χ1v) is 11.7. The van der Waals surface area contributed by atoms with Gasteiger partial charge < -0.3 is 15.8 Å². The van der Waals surface area contributed by atoms with Crippen molar-refractivity contribution < 1.29 is 21.9 Å². The van der Waals surface area contributed by atoms with Gasteiger partial charge in [0.25, 0.3) is 0 Å². The molecule has 2 fully saturated rings. The number of ether oxygens (including phenoxy) is 1. The lowest BCUT2D eigenvalue weighted by Gasteiger charge is -2.38. The van der Waals surface area contributed by atoms with Gasteiger partial charge in [0.05, 0.1) is 17.6 Å². The van der Waals surface area contributed by atoms with Crippen LogP contribution in [0.5, 0.6) is 0 Å². The number of nitrogens with two attached hydrogens (primary N) is 1. The van der Waals surface area contributed by atoms with Crippen LogP contribution in [0.2, 0.25) is 0 Å². The van der Waals surface area contributed by atoms with Gasteiger partial charge in [0.2, 0.25) is 10.0 Å². The lowest BCUT2D eigenvalue weighted by molar-refractivity contribution is -0.0445. The van der Waals surface area contributed by atoms with Gasteiger partial charge in [0.15, 0.2) is 0 Å². The number of nitrogens with one attached hydrogen (secondary N) is 1. The summed E-state index contributed by atoms with van der Waals surface area (Å²) in [5, 5.41) is 3.12. The maximum atomic E-state index is 14.2. The minimum Gasteiger partial charge on any atom is -0.386 e. The minimum atomic E-state index is -3.30. The quantitative estimate of drug-likeness (QED) is 0.771.